The fourth-order valence-corrected chi connectivity index (χ4v) is 4.71. The number of aryl methyl sites for hydroxylation is 1. The number of pyridine rings is 1. The maximum Gasteiger partial charge on any atom is 0.285 e. The number of hydrogen-bond donors (Lipinski definition) is 1. The lowest BCUT2D eigenvalue weighted by Gasteiger charge is -2.31. The van der Waals surface area contributed by atoms with Gasteiger partial charge in [-0.15, -0.1) is 0 Å². The molecule has 0 radical (unpaired) electrons. The predicted octanol–water partition coefficient (Wildman–Crippen LogP) is 4.69. The van der Waals surface area contributed by atoms with Crippen LogP contribution < -0.4 is 5.56 Å². The molecule has 0 unspecified atom stereocenters. The van der Waals surface area contributed by atoms with Gasteiger partial charge in [-0.25, -0.2) is 9.07 Å². The van der Waals surface area contributed by atoms with Crippen molar-refractivity contribution in [3.05, 3.63) is 86.8 Å². The summed E-state index contributed by atoms with van der Waals surface area (Å²) < 4.78 is 14.6. The Morgan fingerprint density at radius 1 is 1.09 bits per heavy atom. The van der Waals surface area contributed by atoms with E-state index in [4.69, 9.17) is 11.6 Å². The number of halogens is 2. The standard InChI is InChI=1S/C25H30ClFN4O/c26-24-23(29-31(25(24)32)18-21-6-8-22(27)9-7-21)12-16-30-14-10-19(11-15-30)3-1-4-20-5-2-13-28-17-20/h2,5-9,13,17,19,29H,1,3-4,10-12,14-16,18H2. The van der Waals surface area contributed by atoms with Gasteiger partial charge in [0.25, 0.3) is 5.56 Å². The van der Waals surface area contributed by atoms with Crippen molar-refractivity contribution < 1.29 is 4.39 Å². The van der Waals surface area contributed by atoms with Crippen LogP contribution >= 0.6 is 11.6 Å². The number of aromatic nitrogens is 3. The molecule has 1 fully saturated rings. The molecule has 0 bridgehead atoms. The highest BCUT2D eigenvalue weighted by molar-refractivity contribution is 6.31. The molecule has 4 rings (SSSR count). The first-order chi connectivity index (χ1) is 15.6. The van der Waals surface area contributed by atoms with E-state index in [-0.39, 0.29) is 16.4 Å². The van der Waals surface area contributed by atoms with E-state index in [1.54, 1.807) is 12.1 Å². The molecule has 32 heavy (non-hydrogen) atoms. The molecular formula is C25H30ClFN4O. The van der Waals surface area contributed by atoms with Gasteiger partial charge in [-0.05, 0) is 74.0 Å². The lowest BCUT2D eigenvalue weighted by molar-refractivity contribution is 0.179. The van der Waals surface area contributed by atoms with Gasteiger partial charge in [0.15, 0.2) is 0 Å². The number of aromatic amines is 1. The van der Waals surface area contributed by atoms with Gasteiger partial charge < -0.3 is 4.90 Å². The van der Waals surface area contributed by atoms with Crippen LogP contribution in [0.1, 0.15) is 42.5 Å². The fraction of sp³-hybridized carbons (Fsp3) is 0.440. The highest BCUT2D eigenvalue weighted by Gasteiger charge is 2.20. The molecule has 2 aromatic heterocycles. The van der Waals surface area contributed by atoms with E-state index >= 15 is 0 Å². The Hall–Kier alpha value is -2.44. The van der Waals surface area contributed by atoms with Crippen molar-refractivity contribution in [1.82, 2.24) is 19.7 Å². The number of benzene rings is 1. The largest absolute Gasteiger partial charge is 0.303 e. The van der Waals surface area contributed by atoms with Gasteiger partial charge >= 0.3 is 0 Å². The molecule has 5 nitrogen and oxygen atoms in total. The summed E-state index contributed by atoms with van der Waals surface area (Å²) in [5.41, 5.74) is 2.72. The van der Waals surface area contributed by atoms with E-state index in [9.17, 15) is 9.18 Å². The molecule has 0 atom stereocenters. The fourth-order valence-electron chi connectivity index (χ4n) is 4.47. The molecule has 1 aliphatic heterocycles. The van der Waals surface area contributed by atoms with Crippen LogP contribution in [-0.2, 0) is 19.4 Å². The van der Waals surface area contributed by atoms with Gasteiger partial charge in [-0.3, -0.25) is 14.9 Å². The summed E-state index contributed by atoms with van der Waals surface area (Å²) in [7, 11) is 0. The lowest BCUT2D eigenvalue weighted by atomic mass is 9.91. The van der Waals surface area contributed by atoms with E-state index < -0.39 is 0 Å². The normalized spacial score (nSPS) is 15.3. The third-order valence-electron chi connectivity index (χ3n) is 6.41. The number of likely N-dealkylation sites (tertiary alicyclic amines) is 1. The summed E-state index contributed by atoms with van der Waals surface area (Å²) in [5.74, 6) is 0.506. The molecule has 7 heteroatoms. The van der Waals surface area contributed by atoms with E-state index in [0.717, 1.165) is 49.7 Å². The van der Waals surface area contributed by atoms with Gasteiger partial charge in [0, 0.05) is 25.4 Å². The summed E-state index contributed by atoms with van der Waals surface area (Å²) in [6.07, 6.45) is 10.5. The molecule has 170 valence electrons. The van der Waals surface area contributed by atoms with Crippen molar-refractivity contribution in [1.29, 1.82) is 0 Å². The Labute approximate surface area is 193 Å². The van der Waals surface area contributed by atoms with Crippen LogP contribution in [0.15, 0.2) is 53.6 Å². The minimum atomic E-state index is -0.288. The van der Waals surface area contributed by atoms with Crippen LogP contribution in [-0.4, -0.2) is 39.3 Å². The summed E-state index contributed by atoms with van der Waals surface area (Å²) >= 11 is 6.31. The molecule has 0 aliphatic carbocycles. The van der Waals surface area contributed by atoms with E-state index in [1.807, 2.05) is 18.5 Å². The van der Waals surface area contributed by atoms with Gasteiger partial charge in [0.05, 0.1) is 12.2 Å². The van der Waals surface area contributed by atoms with Crippen molar-refractivity contribution in [3.8, 4) is 0 Å². The topological polar surface area (TPSA) is 53.9 Å². The van der Waals surface area contributed by atoms with Crippen LogP contribution in [0.25, 0.3) is 0 Å². The van der Waals surface area contributed by atoms with E-state index in [1.165, 1.54) is 48.1 Å². The third-order valence-corrected chi connectivity index (χ3v) is 6.80. The molecule has 1 aliphatic rings. The third kappa shape index (κ3) is 6.08. The first kappa shape index (κ1) is 22.7. The van der Waals surface area contributed by atoms with Gasteiger partial charge in [0.1, 0.15) is 10.8 Å². The SMILES string of the molecule is O=c1c(Cl)c(CCN2CCC(CCCc3cccnc3)CC2)[nH]n1Cc1ccc(F)cc1. The van der Waals surface area contributed by atoms with Crippen molar-refractivity contribution in [3.63, 3.8) is 0 Å². The molecule has 0 amide bonds. The Balaban J connectivity index is 1.21. The Morgan fingerprint density at radius 3 is 2.59 bits per heavy atom. The zero-order chi connectivity index (χ0) is 22.3. The van der Waals surface area contributed by atoms with Crippen LogP contribution in [0.5, 0.6) is 0 Å². The average molecular weight is 457 g/mol. The average Bonchev–Trinajstić information content (AvgIpc) is 3.08. The van der Waals surface area contributed by atoms with Crippen LogP contribution in [0, 0.1) is 11.7 Å². The zero-order valence-corrected chi connectivity index (χ0v) is 19.0. The number of piperidine rings is 1. The second-order valence-corrected chi connectivity index (χ2v) is 9.09. The molecule has 1 saturated heterocycles. The Kier molecular flexibility index (Phi) is 7.76. The molecule has 1 aromatic carbocycles. The maximum absolute atomic E-state index is 13.1. The second kappa shape index (κ2) is 10.9. The molecule has 3 heterocycles. The first-order valence-electron chi connectivity index (χ1n) is 11.4. The van der Waals surface area contributed by atoms with E-state index in [2.05, 4.69) is 21.0 Å². The molecule has 0 saturated carbocycles. The Bertz CT molecular complexity index is 1040. The summed E-state index contributed by atoms with van der Waals surface area (Å²) in [6.45, 7) is 3.42. The second-order valence-electron chi connectivity index (χ2n) is 8.71. The smallest absolute Gasteiger partial charge is 0.285 e. The monoisotopic (exact) mass is 456 g/mol. The van der Waals surface area contributed by atoms with Crippen molar-refractivity contribution in [2.45, 2.75) is 45.1 Å². The van der Waals surface area contributed by atoms with Crippen molar-refractivity contribution in [2.24, 2.45) is 5.92 Å². The minimum absolute atomic E-state index is 0.224. The first-order valence-corrected chi connectivity index (χ1v) is 11.8. The number of hydrogen-bond acceptors (Lipinski definition) is 3. The van der Waals surface area contributed by atoms with Crippen LogP contribution in [0.3, 0.4) is 0 Å². The van der Waals surface area contributed by atoms with E-state index in [0.29, 0.717) is 6.54 Å². The van der Waals surface area contributed by atoms with Crippen molar-refractivity contribution >= 4 is 11.6 Å². The molecular weight excluding hydrogens is 427 g/mol. The quantitative estimate of drug-likeness (QED) is 0.508. The highest BCUT2D eigenvalue weighted by Crippen LogP contribution is 2.23. The summed E-state index contributed by atoms with van der Waals surface area (Å²) in [5, 5.41) is 3.41. The zero-order valence-electron chi connectivity index (χ0n) is 18.3. The Morgan fingerprint density at radius 2 is 1.88 bits per heavy atom. The highest BCUT2D eigenvalue weighted by atomic mass is 35.5. The molecule has 1 N–H and O–H groups in total. The maximum atomic E-state index is 13.1. The number of nitrogens with one attached hydrogen (secondary N) is 1. The molecule has 0 spiro atoms. The summed E-state index contributed by atoms with van der Waals surface area (Å²) in [4.78, 5) is 19.1. The minimum Gasteiger partial charge on any atom is -0.303 e. The van der Waals surface area contributed by atoms with Crippen LogP contribution in [0.2, 0.25) is 5.02 Å². The van der Waals surface area contributed by atoms with Gasteiger partial charge in [-0.1, -0.05) is 36.2 Å². The van der Waals surface area contributed by atoms with Gasteiger partial charge in [-0.2, -0.15) is 0 Å². The predicted molar refractivity (Wildman–Crippen MR) is 126 cm³/mol. The van der Waals surface area contributed by atoms with Crippen LogP contribution in [0.4, 0.5) is 4.39 Å². The number of nitrogens with zero attached hydrogens (tertiary/aromatic N) is 3. The van der Waals surface area contributed by atoms with Crippen molar-refractivity contribution in [2.75, 3.05) is 19.6 Å². The summed E-state index contributed by atoms with van der Waals surface area (Å²) in [6, 6.07) is 10.3. The lowest BCUT2D eigenvalue weighted by Crippen LogP contribution is -2.35. The van der Waals surface area contributed by atoms with Gasteiger partial charge in [0.2, 0.25) is 0 Å². The molecule has 3 aromatic rings. The number of rotatable bonds is 9. The number of H-pyrrole nitrogens is 1.